The lowest BCUT2D eigenvalue weighted by atomic mass is 9.99. The number of aromatic nitrogens is 4. The summed E-state index contributed by atoms with van der Waals surface area (Å²) in [5.74, 6) is 0.529. The third kappa shape index (κ3) is 4.26. The van der Waals surface area contributed by atoms with Crippen LogP contribution < -0.4 is 10.6 Å². The van der Waals surface area contributed by atoms with Gasteiger partial charge >= 0.3 is 6.03 Å². The molecule has 1 fully saturated rings. The van der Waals surface area contributed by atoms with Gasteiger partial charge in [-0.05, 0) is 67.0 Å². The molecule has 1 aromatic carbocycles. The van der Waals surface area contributed by atoms with Gasteiger partial charge in [-0.2, -0.15) is 0 Å². The second kappa shape index (κ2) is 7.19. The van der Waals surface area contributed by atoms with Gasteiger partial charge < -0.3 is 15.5 Å². The van der Waals surface area contributed by atoms with Crippen molar-refractivity contribution in [1.29, 1.82) is 0 Å². The van der Waals surface area contributed by atoms with Crippen LogP contribution in [-0.4, -0.2) is 57.8 Å². The van der Waals surface area contributed by atoms with Crippen molar-refractivity contribution in [3.63, 3.8) is 0 Å². The first kappa shape index (κ1) is 15.4. The van der Waals surface area contributed by atoms with Gasteiger partial charge in [0.25, 0.3) is 0 Å². The largest absolute Gasteiger partial charge is 0.338 e. The number of carbonyl (C=O) groups is 1. The Bertz CT molecular complexity index is 626. The highest BCUT2D eigenvalue weighted by atomic mass is 16.2. The van der Waals surface area contributed by atoms with E-state index < -0.39 is 0 Å². The van der Waals surface area contributed by atoms with Gasteiger partial charge in [0.15, 0.2) is 0 Å². The van der Waals surface area contributed by atoms with Crippen molar-refractivity contribution < 1.29 is 4.79 Å². The Kier molecular flexibility index (Phi) is 4.82. The van der Waals surface area contributed by atoms with Crippen LogP contribution in [0.5, 0.6) is 0 Å². The van der Waals surface area contributed by atoms with Crippen LogP contribution in [-0.2, 0) is 0 Å². The molecule has 0 radical (unpaired) electrons. The average Bonchev–Trinajstić information content (AvgIpc) is 3.08. The van der Waals surface area contributed by atoms with Gasteiger partial charge in [0.1, 0.15) is 6.33 Å². The van der Waals surface area contributed by atoms with E-state index >= 15 is 0 Å². The maximum absolute atomic E-state index is 12.0. The molecule has 122 valence electrons. The molecule has 0 saturated carbocycles. The maximum atomic E-state index is 12.0. The summed E-state index contributed by atoms with van der Waals surface area (Å²) >= 11 is 0. The first-order chi connectivity index (χ1) is 11.2. The van der Waals surface area contributed by atoms with Crippen molar-refractivity contribution >= 4 is 11.7 Å². The Labute approximate surface area is 134 Å². The van der Waals surface area contributed by atoms with Gasteiger partial charge in [-0.25, -0.2) is 9.48 Å². The Morgan fingerprint density at radius 1 is 1.35 bits per heavy atom. The smallest absolute Gasteiger partial charge is 0.319 e. The number of tetrazole rings is 1. The Morgan fingerprint density at radius 2 is 2.17 bits per heavy atom. The molecule has 1 saturated heterocycles. The number of anilines is 1. The topological polar surface area (TPSA) is 88.0 Å². The van der Waals surface area contributed by atoms with Gasteiger partial charge in [0.2, 0.25) is 0 Å². The lowest BCUT2D eigenvalue weighted by Gasteiger charge is -2.29. The molecule has 3 rings (SSSR count). The summed E-state index contributed by atoms with van der Waals surface area (Å²) in [5.41, 5.74) is 1.58. The first-order valence-corrected chi connectivity index (χ1v) is 7.77. The van der Waals surface area contributed by atoms with Crippen molar-refractivity contribution in [2.75, 3.05) is 32.0 Å². The van der Waals surface area contributed by atoms with E-state index in [9.17, 15) is 4.79 Å². The minimum absolute atomic E-state index is 0.173. The molecule has 0 aliphatic carbocycles. The molecule has 1 atom stereocenters. The van der Waals surface area contributed by atoms with Crippen LogP contribution in [0.15, 0.2) is 30.6 Å². The maximum Gasteiger partial charge on any atom is 0.319 e. The van der Waals surface area contributed by atoms with E-state index in [4.69, 9.17) is 0 Å². The number of urea groups is 1. The number of amides is 2. The summed E-state index contributed by atoms with van der Waals surface area (Å²) in [5, 5.41) is 16.8. The molecule has 8 heteroatoms. The van der Waals surface area contributed by atoms with E-state index in [-0.39, 0.29) is 6.03 Å². The molecule has 23 heavy (non-hydrogen) atoms. The fourth-order valence-corrected chi connectivity index (χ4v) is 2.83. The summed E-state index contributed by atoms with van der Waals surface area (Å²) in [7, 11) is 2.12. The molecule has 0 bridgehead atoms. The second-order valence-electron chi connectivity index (χ2n) is 5.91. The number of carbonyl (C=O) groups excluding carboxylic acids is 1. The van der Waals surface area contributed by atoms with Crippen molar-refractivity contribution in [3.05, 3.63) is 30.6 Å². The molecule has 8 nitrogen and oxygen atoms in total. The summed E-state index contributed by atoms with van der Waals surface area (Å²) in [6.07, 6.45) is 3.89. The molecule has 0 spiro atoms. The Balaban J connectivity index is 1.48. The number of benzene rings is 1. The van der Waals surface area contributed by atoms with Crippen LogP contribution in [0.1, 0.15) is 12.8 Å². The zero-order valence-electron chi connectivity index (χ0n) is 13.1. The number of likely N-dealkylation sites (tertiary alicyclic amines) is 1. The molecule has 2 heterocycles. The SMILES string of the molecule is CN1CCC[C@H](CNC(=O)Nc2ccc(-n3cnnn3)cc2)C1. The van der Waals surface area contributed by atoms with Crippen LogP contribution in [0.3, 0.4) is 0 Å². The van der Waals surface area contributed by atoms with E-state index in [1.165, 1.54) is 19.2 Å². The molecule has 2 aromatic rings. The monoisotopic (exact) mass is 315 g/mol. The number of nitrogens with zero attached hydrogens (tertiary/aromatic N) is 5. The zero-order chi connectivity index (χ0) is 16.1. The van der Waals surface area contributed by atoms with Crippen LogP contribution >= 0.6 is 0 Å². The normalized spacial score (nSPS) is 18.6. The quantitative estimate of drug-likeness (QED) is 0.883. The Hall–Kier alpha value is -2.48. The molecule has 1 aliphatic heterocycles. The fraction of sp³-hybridized carbons (Fsp3) is 0.467. The Morgan fingerprint density at radius 3 is 2.87 bits per heavy atom. The van der Waals surface area contributed by atoms with Crippen molar-refractivity contribution in [3.8, 4) is 5.69 Å². The minimum Gasteiger partial charge on any atom is -0.338 e. The zero-order valence-corrected chi connectivity index (χ0v) is 13.1. The standard InChI is InChI=1S/C15H21N7O/c1-21-8-2-3-12(10-21)9-16-15(23)18-13-4-6-14(7-5-13)22-11-17-19-20-22/h4-7,11-12H,2-3,8-10H2,1H3,(H2,16,18,23)/t12-/m1/s1. The van der Waals surface area contributed by atoms with Gasteiger partial charge in [0.05, 0.1) is 5.69 Å². The third-order valence-electron chi connectivity index (χ3n) is 4.01. The van der Waals surface area contributed by atoms with Gasteiger partial charge in [0, 0.05) is 18.8 Å². The highest BCUT2D eigenvalue weighted by Gasteiger charge is 2.17. The van der Waals surface area contributed by atoms with E-state index in [0.29, 0.717) is 12.5 Å². The molecule has 0 unspecified atom stereocenters. The van der Waals surface area contributed by atoms with Crippen molar-refractivity contribution in [2.45, 2.75) is 12.8 Å². The average molecular weight is 315 g/mol. The van der Waals surface area contributed by atoms with Crippen molar-refractivity contribution in [1.82, 2.24) is 30.4 Å². The number of piperidine rings is 1. The minimum atomic E-state index is -0.173. The van der Waals surface area contributed by atoms with E-state index in [1.807, 2.05) is 24.3 Å². The second-order valence-corrected chi connectivity index (χ2v) is 5.91. The molecule has 2 amide bonds. The molecule has 1 aromatic heterocycles. The lowest BCUT2D eigenvalue weighted by Crippen LogP contribution is -2.40. The predicted octanol–water partition coefficient (Wildman–Crippen LogP) is 1.13. The highest BCUT2D eigenvalue weighted by Crippen LogP contribution is 2.14. The van der Waals surface area contributed by atoms with Crippen LogP contribution in [0.4, 0.5) is 10.5 Å². The summed E-state index contributed by atoms with van der Waals surface area (Å²) in [6.45, 7) is 2.90. The number of rotatable bonds is 4. The summed E-state index contributed by atoms with van der Waals surface area (Å²) < 4.78 is 1.56. The lowest BCUT2D eigenvalue weighted by molar-refractivity contribution is 0.204. The van der Waals surface area contributed by atoms with Crippen LogP contribution in [0.25, 0.3) is 5.69 Å². The van der Waals surface area contributed by atoms with Gasteiger partial charge in [-0.3, -0.25) is 0 Å². The van der Waals surface area contributed by atoms with E-state index in [1.54, 1.807) is 4.68 Å². The van der Waals surface area contributed by atoms with Gasteiger partial charge in [-0.1, -0.05) is 0 Å². The number of nitrogens with one attached hydrogen (secondary N) is 2. The van der Waals surface area contributed by atoms with Gasteiger partial charge in [-0.15, -0.1) is 5.10 Å². The van der Waals surface area contributed by atoms with E-state index in [2.05, 4.69) is 38.1 Å². The molecular weight excluding hydrogens is 294 g/mol. The third-order valence-corrected chi connectivity index (χ3v) is 4.01. The van der Waals surface area contributed by atoms with E-state index in [0.717, 1.165) is 24.5 Å². The van der Waals surface area contributed by atoms with Crippen LogP contribution in [0.2, 0.25) is 0 Å². The highest BCUT2D eigenvalue weighted by molar-refractivity contribution is 5.89. The fourth-order valence-electron chi connectivity index (χ4n) is 2.83. The molecule has 2 N–H and O–H groups in total. The molecule has 1 aliphatic rings. The summed E-state index contributed by atoms with van der Waals surface area (Å²) in [4.78, 5) is 14.3. The van der Waals surface area contributed by atoms with Crippen molar-refractivity contribution in [2.24, 2.45) is 5.92 Å². The number of hydrogen-bond acceptors (Lipinski definition) is 5. The van der Waals surface area contributed by atoms with Crippen LogP contribution in [0, 0.1) is 5.92 Å². The summed E-state index contributed by atoms with van der Waals surface area (Å²) in [6, 6.07) is 7.17. The molecular formula is C15H21N7O. The number of hydrogen-bond donors (Lipinski definition) is 2. The predicted molar refractivity (Wildman–Crippen MR) is 86.4 cm³/mol. The first-order valence-electron chi connectivity index (χ1n) is 7.77.